The highest BCUT2D eigenvalue weighted by Crippen LogP contribution is 2.50. The van der Waals surface area contributed by atoms with Crippen molar-refractivity contribution in [2.45, 2.75) is 137 Å². The first-order valence-electron chi connectivity index (χ1n) is 13.4. The number of hydrogen-bond acceptors (Lipinski definition) is 4. The first-order chi connectivity index (χ1) is 15.5. The summed E-state index contributed by atoms with van der Waals surface area (Å²) in [6, 6.07) is 0. The molecule has 0 aromatic rings. The van der Waals surface area contributed by atoms with Gasteiger partial charge < -0.3 is 4.74 Å². The van der Waals surface area contributed by atoms with E-state index in [-0.39, 0.29) is 11.4 Å². The Hall–Kier alpha value is -0.970. The summed E-state index contributed by atoms with van der Waals surface area (Å²) in [4.78, 5) is 17.6. The molecule has 0 amide bonds. The van der Waals surface area contributed by atoms with Crippen molar-refractivity contribution in [1.29, 1.82) is 0 Å². The molecule has 0 aromatic carbocycles. The summed E-state index contributed by atoms with van der Waals surface area (Å²) in [6.07, 6.45) is 12.8. The molecule has 1 aliphatic heterocycles. The lowest BCUT2D eigenvalue weighted by molar-refractivity contribution is -0.402. The van der Waals surface area contributed by atoms with Gasteiger partial charge >= 0.3 is 0 Å². The summed E-state index contributed by atoms with van der Waals surface area (Å²) in [5, 5.41) is 9.93. The van der Waals surface area contributed by atoms with Gasteiger partial charge in [0.25, 0.3) is 0 Å². The van der Waals surface area contributed by atoms with Gasteiger partial charge in [0.2, 0.25) is 5.79 Å². The minimum absolute atomic E-state index is 0.0328. The molecule has 0 aromatic heterocycles. The number of rotatable bonds is 13. The lowest BCUT2D eigenvalue weighted by atomic mass is 9.75. The normalized spacial score (nSPS) is 27.9. The van der Waals surface area contributed by atoms with Crippen LogP contribution in [0.3, 0.4) is 0 Å². The monoisotopic (exact) mass is 462 g/mol. The Morgan fingerprint density at radius 2 is 1.45 bits per heavy atom. The number of ether oxygens (including phenoxy) is 1. The van der Waals surface area contributed by atoms with Gasteiger partial charge in [-0.1, -0.05) is 79.1 Å². The Kier molecular flexibility index (Phi) is 10.4. The second-order valence-electron chi connectivity index (χ2n) is 11.8. The second kappa shape index (κ2) is 12.1. The van der Waals surface area contributed by atoms with E-state index in [4.69, 9.17) is 9.62 Å². The molecule has 1 heterocycles. The standard InChI is InChI=1S/C29H50O4/c1-20(2)12-9-13-21(3)14-10-15-22(4)16-11-18-28(8)19-17-26-24(6)27(30)23(5)25(7)29(26,32-28)33-31/h20-22,31H,9-19H2,1-8H3/t21-,22-,28-,29+/m1/s1. The SMILES string of the molecule is CC1=C(C)[C@@]2(OO)O[C@](C)(CCC[C@H](C)CCC[C@H](C)CCCC(C)C)CCC2=C(C)C1=O. The van der Waals surface area contributed by atoms with Gasteiger partial charge in [-0.15, -0.1) is 0 Å². The van der Waals surface area contributed by atoms with Crippen LogP contribution in [0.4, 0.5) is 0 Å². The van der Waals surface area contributed by atoms with Crippen molar-refractivity contribution >= 4 is 5.78 Å². The molecule has 0 unspecified atom stereocenters. The minimum atomic E-state index is -1.30. The fraction of sp³-hybridized carbons (Fsp3) is 0.828. The molecule has 0 bridgehead atoms. The Bertz CT molecular complexity index is 734. The van der Waals surface area contributed by atoms with Crippen molar-refractivity contribution < 1.29 is 19.7 Å². The first-order valence-corrected chi connectivity index (χ1v) is 13.4. The summed E-state index contributed by atoms with van der Waals surface area (Å²) in [7, 11) is 0. The van der Waals surface area contributed by atoms with Crippen molar-refractivity contribution in [3.63, 3.8) is 0 Å². The predicted octanol–water partition coefficient (Wildman–Crippen LogP) is 8.42. The fourth-order valence-corrected chi connectivity index (χ4v) is 5.71. The lowest BCUT2D eigenvalue weighted by Gasteiger charge is -2.49. The van der Waals surface area contributed by atoms with Crippen LogP contribution < -0.4 is 0 Å². The maximum Gasteiger partial charge on any atom is 0.247 e. The van der Waals surface area contributed by atoms with Crippen molar-refractivity contribution in [3.8, 4) is 0 Å². The average Bonchev–Trinajstić information content (AvgIpc) is 2.75. The van der Waals surface area contributed by atoms with Crippen LogP contribution in [0.1, 0.15) is 126 Å². The Morgan fingerprint density at radius 3 is 2.00 bits per heavy atom. The smallest absolute Gasteiger partial charge is 0.247 e. The highest BCUT2D eigenvalue weighted by molar-refractivity contribution is 6.10. The topological polar surface area (TPSA) is 55.8 Å². The van der Waals surface area contributed by atoms with Crippen molar-refractivity contribution in [1.82, 2.24) is 0 Å². The predicted molar refractivity (Wildman–Crippen MR) is 136 cm³/mol. The van der Waals surface area contributed by atoms with Gasteiger partial charge in [-0.25, -0.2) is 5.26 Å². The van der Waals surface area contributed by atoms with Crippen LogP contribution in [-0.4, -0.2) is 22.4 Å². The number of carbonyl (C=O) groups excluding carboxylic acids is 1. The summed E-state index contributed by atoms with van der Waals surface area (Å²) >= 11 is 0. The van der Waals surface area contributed by atoms with Crippen LogP contribution in [-0.2, 0) is 14.4 Å². The van der Waals surface area contributed by atoms with E-state index in [0.29, 0.717) is 23.1 Å². The van der Waals surface area contributed by atoms with Crippen molar-refractivity contribution in [2.24, 2.45) is 17.8 Å². The maximum absolute atomic E-state index is 12.6. The molecular weight excluding hydrogens is 412 g/mol. The molecule has 1 aliphatic carbocycles. The van der Waals surface area contributed by atoms with Crippen LogP contribution in [0, 0.1) is 17.8 Å². The first kappa shape index (κ1) is 28.3. The number of Topliss-reactive ketones (excluding diaryl/α,β-unsaturated/α-hetero) is 1. The molecule has 4 nitrogen and oxygen atoms in total. The number of carbonyl (C=O) groups is 1. The largest absolute Gasteiger partial charge is 0.334 e. The second-order valence-corrected chi connectivity index (χ2v) is 11.8. The molecule has 1 fully saturated rings. The molecule has 2 rings (SSSR count). The molecule has 2 aliphatic rings. The van der Waals surface area contributed by atoms with Gasteiger partial charge in [0.1, 0.15) is 0 Å². The maximum atomic E-state index is 12.6. The van der Waals surface area contributed by atoms with Crippen LogP contribution in [0.25, 0.3) is 0 Å². The quantitative estimate of drug-likeness (QED) is 0.220. The molecular formula is C29H50O4. The summed E-state index contributed by atoms with van der Waals surface area (Å²) < 4.78 is 6.52. The van der Waals surface area contributed by atoms with E-state index in [0.717, 1.165) is 42.6 Å². The van der Waals surface area contributed by atoms with Crippen LogP contribution in [0.15, 0.2) is 22.3 Å². The molecule has 0 spiro atoms. The van der Waals surface area contributed by atoms with Gasteiger partial charge in [-0.2, -0.15) is 4.89 Å². The highest BCUT2D eigenvalue weighted by atomic mass is 17.1. The zero-order valence-electron chi connectivity index (χ0n) is 22.7. The van der Waals surface area contributed by atoms with Crippen molar-refractivity contribution in [3.05, 3.63) is 22.3 Å². The summed E-state index contributed by atoms with van der Waals surface area (Å²) in [6.45, 7) is 17.0. The van der Waals surface area contributed by atoms with E-state index in [1.165, 1.54) is 44.9 Å². The highest BCUT2D eigenvalue weighted by Gasteiger charge is 2.53. The van der Waals surface area contributed by atoms with Gasteiger partial charge in [-0.05, 0) is 70.3 Å². The van der Waals surface area contributed by atoms with Crippen LogP contribution in [0.5, 0.6) is 0 Å². The molecule has 0 radical (unpaired) electrons. The Balaban J connectivity index is 1.82. The molecule has 4 atom stereocenters. The van der Waals surface area contributed by atoms with Gasteiger partial charge in [0.05, 0.1) is 5.60 Å². The van der Waals surface area contributed by atoms with E-state index < -0.39 is 5.79 Å². The molecule has 4 heteroatoms. The third-order valence-corrected chi connectivity index (χ3v) is 8.28. The number of hydrogen-bond donors (Lipinski definition) is 1. The molecule has 1 N–H and O–H groups in total. The van der Waals surface area contributed by atoms with Crippen LogP contribution >= 0.6 is 0 Å². The third kappa shape index (κ3) is 7.02. The number of ketones is 1. The minimum Gasteiger partial charge on any atom is -0.334 e. The van der Waals surface area contributed by atoms with Gasteiger partial charge in [-0.3, -0.25) is 4.79 Å². The van der Waals surface area contributed by atoms with Crippen LogP contribution in [0.2, 0.25) is 0 Å². The summed E-state index contributed by atoms with van der Waals surface area (Å²) in [5.74, 6) is 1.12. The third-order valence-electron chi connectivity index (χ3n) is 8.28. The zero-order chi connectivity index (χ0) is 24.8. The van der Waals surface area contributed by atoms with E-state index >= 15 is 0 Å². The molecule has 1 saturated heterocycles. The van der Waals surface area contributed by atoms with Gasteiger partial charge in [0, 0.05) is 16.7 Å². The Labute approximate surface area is 203 Å². The van der Waals surface area contributed by atoms with Crippen molar-refractivity contribution in [2.75, 3.05) is 0 Å². The molecule has 0 saturated carbocycles. The fourth-order valence-electron chi connectivity index (χ4n) is 5.71. The van der Waals surface area contributed by atoms with E-state index in [1.54, 1.807) is 6.92 Å². The zero-order valence-corrected chi connectivity index (χ0v) is 22.7. The van der Waals surface area contributed by atoms with E-state index in [2.05, 4.69) is 34.6 Å². The number of allylic oxidation sites excluding steroid dienone is 2. The average molecular weight is 463 g/mol. The summed E-state index contributed by atoms with van der Waals surface area (Å²) in [5.41, 5.74) is 2.35. The lowest BCUT2D eigenvalue weighted by Crippen LogP contribution is -2.53. The van der Waals surface area contributed by atoms with E-state index in [9.17, 15) is 10.1 Å². The van der Waals surface area contributed by atoms with E-state index in [1.807, 2.05) is 13.8 Å². The molecule has 190 valence electrons. The number of fused-ring (bicyclic) bond motifs is 1. The Morgan fingerprint density at radius 1 is 0.909 bits per heavy atom. The molecule has 33 heavy (non-hydrogen) atoms. The van der Waals surface area contributed by atoms with Gasteiger partial charge in [0.15, 0.2) is 5.78 Å².